The van der Waals surface area contributed by atoms with Crippen molar-refractivity contribution in [1.82, 2.24) is 9.88 Å². The van der Waals surface area contributed by atoms with E-state index in [1.165, 1.54) is 10.3 Å². The van der Waals surface area contributed by atoms with Crippen molar-refractivity contribution in [1.29, 1.82) is 0 Å². The standard InChI is InChI=1S/C13H17N3S/c1-9-15-12-3-2-10(6-13(12)17-9)7-16-5-4-11(14)8-16/h2-3,6,11H,4-5,7-8,14H2,1H3/t11-/m1/s1. The molecule has 1 fully saturated rings. The third-order valence-electron chi connectivity index (χ3n) is 3.27. The van der Waals surface area contributed by atoms with Crippen LogP contribution in [0.4, 0.5) is 0 Å². The van der Waals surface area contributed by atoms with Gasteiger partial charge in [0.1, 0.15) is 0 Å². The smallest absolute Gasteiger partial charge is 0.0907 e. The van der Waals surface area contributed by atoms with Gasteiger partial charge in [-0.2, -0.15) is 0 Å². The average molecular weight is 247 g/mol. The molecule has 1 aromatic carbocycles. The van der Waals surface area contributed by atoms with Gasteiger partial charge in [0.05, 0.1) is 15.2 Å². The predicted molar refractivity (Wildman–Crippen MR) is 72.2 cm³/mol. The Morgan fingerprint density at radius 2 is 2.41 bits per heavy atom. The van der Waals surface area contributed by atoms with Gasteiger partial charge < -0.3 is 5.73 Å². The number of thiazole rings is 1. The first-order valence-electron chi connectivity index (χ1n) is 6.05. The summed E-state index contributed by atoms with van der Waals surface area (Å²) >= 11 is 1.77. The summed E-state index contributed by atoms with van der Waals surface area (Å²) < 4.78 is 1.29. The molecular formula is C13H17N3S. The number of aryl methyl sites for hydroxylation is 1. The lowest BCUT2D eigenvalue weighted by molar-refractivity contribution is 0.327. The normalized spacial score (nSPS) is 21.4. The summed E-state index contributed by atoms with van der Waals surface area (Å²) in [5.74, 6) is 0. The number of likely N-dealkylation sites (tertiary alicyclic amines) is 1. The molecule has 1 atom stereocenters. The molecule has 4 heteroatoms. The molecule has 90 valence electrons. The zero-order valence-corrected chi connectivity index (χ0v) is 10.8. The minimum atomic E-state index is 0.365. The number of fused-ring (bicyclic) bond motifs is 1. The van der Waals surface area contributed by atoms with E-state index in [-0.39, 0.29) is 0 Å². The molecule has 1 saturated heterocycles. The maximum atomic E-state index is 5.92. The lowest BCUT2D eigenvalue weighted by atomic mass is 10.2. The molecule has 0 amide bonds. The third kappa shape index (κ3) is 2.34. The average Bonchev–Trinajstić information content (AvgIpc) is 2.83. The summed E-state index contributed by atoms with van der Waals surface area (Å²) in [4.78, 5) is 6.91. The van der Waals surface area contributed by atoms with Crippen LogP contribution in [0.15, 0.2) is 18.2 Å². The van der Waals surface area contributed by atoms with Crippen molar-refractivity contribution < 1.29 is 0 Å². The van der Waals surface area contributed by atoms with Gasteiger partial charge in [0.25, 0.3) is 0 Å². The highest BCUT2D eigenvalue weighted by molar-refractivity contribution is 7.18. The molecule has 3 rings (SSSR count). The molecule has 1 aliphatic heterocycles. The second-order valence-electron chi connectivity index (χ2n) is 4.82. The third-order valence-corrected chi connectivity index (χ3v) is 4.21. The van der Waals surface area contributed by atoms with Crippen molar-refractivity contribution in [3.8, 4) is 0 Å². The predicted octanol–water partition coefficient (Wildman–Crippen LogP) is 2.14. The number of hydrogen-bond acceptors (Lipinski definition) is 4. The number of benzene rings is 1. The summed E-state index contributed by atoms with van der Waals surface area (Å²) in [6.45, 7) is 5.23. The van der Waals surface area contributed by atoms with Gasteiger partial charge in [0, 0.05) is 25.7 Å². The quantitative estimate of drug-likeness (QED) is 0.884. The molecule has 0 radical (unpaired) electrons. The topological polar surface area (TPSA) is 42.2 Å². The van der Waals surface area contributed by atoms with Crippen molar-refractivity contribution in [2.45, 2.75) is 25.9 Å². The van der Waals surface area contributed by atoms with Crippen LogP contribution in [0.25, 0.3) is 10.2 Å². The second-order valence-corrected chi connectivity index (χ2v) is 6.05. The van der Waals surface area contributed by atoms with Crippen molar-refractivity contribution in [2.75, 3.05) is 13.1 Å². The molecule has 0 aliphatic carbocycles. The van der Waals surface area contributed by atoms with Crippen LogP contribution in [0.3, 0.4) is 0 Å². The number of nitrogens with zero attached hydrogens (tertiary/aromatic N) is 2. The monoisotopic (exact) mass is 247 g/mol. The Morgan fingerprint density at radius 3 is 3.18 bits per heavy atom. The molecule has 17 heavy (non-hydrogen) atoms. The van der Waals surface area contributed by atoms with Crippen LogP contribution in [-0.2, 0) is 6.54 Å². The van der Waals surface area contributed by atoms with Gasteiger partial charge in [-0.25, -0.2) is 4.98 Å². The minimum absolute atomic E-state index is 0.365. The van der Waals surface area contributed by atoms with Crippen molar-refractivity contribution in [2.24, 2.45) is 5.73 Å². The van der Waals surface area contributed by atoms with Gasteiger partial charge in [-0.1, -0.05) is 6.07 Å². The van der Waals surface area contributed by atoms with E-state index in [0.717, 1.165) is 36.6 Å². The van der Waals surface area contributed by atoms with Gasteiger partial charge in [0.15, 0.2) is 0 Å². The van der Waals surface area contributed by atoms with Crippen LogP contribution in [-0.4, -0.2) is 29.0 Å². The first-order chi connectivity index (χ1) is 8.20. The number of nitrogens with two attached hydrogens (primary N) is 1. The molecule has 0 unspecified atom stereocenters. The van der Waals surface area contributed by atoms with Crippen LogP contribution in [0.2, 0.25) is 0 Å². The van der Waals surface area contributed by atoms with E-state index < -0.39 is 0 Å². The Hall–Kier alpha value is -0.970. The maximum absolute atomic E-state index is 5.92. The molecule has 0 saturated carbocycles. The molecule has 2 heterocycles. The number of hydrogen-bond donors (Lipinski definition) is 1. The summed E-state index contributed by atoms with van der Waals surface area (Å²) in [6, 6.07) is 6.95. The number of aromatic nitrogens is 1. The SMILES string of the molecule is Cc1nc2ccc(CN3CC[C@@H](N)C3)cc2s1. The summed E-state index contributed by atoms with van der Waals surface area (Å²) in [7, 11) is 0. The second kappa shape index (κ2) is 4.37. The van der Waals surface area contributed by atoms with Crippen molar-refractivity contribution in [3.05, 3.63) is 28.8 Å². The molecular weight excluding hydrogens is 230 g/mol. The fraction of sp³-hybridized carbons (Fsp3) is 0.462. The van der Waals surface area contributed by atoms with Crippen LogP contribution in [0, 0.1) is 6.92 Å². The van der Waals surface area contributed by atoms with E-state index in [1.54, 1.807) is 11.3 Å². The first-order valence-corrected chi connectivity index (χ1v) is 6.86. The zero-order valence-electron chi connectivity index (χ0n) is 10.0. The van der Waals surface area contributed by atoms with E-state index >= 15 is 0 Å². The molecule has 2 aromatic rings. The fourth-order valence-electron chi connectivity index (χ4n) is 2.45. The van der Waals surface area contributed by atoms with E-state index in [1.807, 2.05) is 0 Å². The fourth-order valence-corrected chi connectivity index (χ4v) is 3.34. The maximum Gasteiger partial charge on any atom is 0.0907 e. The lowest BCUT2D eigenvalue weighted by Crippen LogP contribution is -2.26. The molecule has 1 aromatic heterocycles. The summed E-state index contributed by atoms with van der Waals surface area (Å²) in [5, 5.41) is 1.14. The van der Waals surface area contributed by atoms with Gasteiger partial charge >= 0.3 is 0 Å². The zero-order chi connectivity index (χ0) is 11.8. The van der Waals surface area contributed by atoms with Crippen LogP contribution < -0.4 is 5.73 Å². The Bertz CT molecular complexity index is 534. The summed E-state index contributed by atoms with van der Waals surface area (Å²) in [6.07, 6.45) is 1.13. The summed E-state index contributed by atoms with van der Waals surface area (Å²) in [5.41, 5.74) is 8.41. The van der Waals surface area contributed by atoms with E-state index in [4.69, 9.17) is 5.73 Å². The molecule has 1 aliphatic rings. The van der Waals surface area contributed by atoms with Crippen LogP contribution in [0.5, 0.6) is 0 Å². The van der Waals surface area contributed by atoms with Gasteiger partial charge in [-0.15, -0.1) is 11.3 Å². The Morgan fingerprint density at radius 1 is 1.53 bits per heavy atom. The molecule has 3 nitrogen and oxygen atoms in total. The van der Waals surface area contributed by atoms with Crippen LogP contribution in [0.1, 0.15) is 17.0 Å². The largest absolute Gasteiger partial charge is 0.326 e. The Labute approximate surface area is 105 Å². The lowest BCUT2D eigenvalue weighted by Gasteiger charge is -2.14. The molecule has 0 bridgehead atoms. The Kier molecular flexibility index (Phi) is 2.86. The molecule has 0 spiro atoms. The highest BCUT2D eigenvalue weighted by Crippen LogP contribution is 2.23. The Balaban J connectivity index is 1.80. The van der Waals surface area contributed by atoms with E-state index in [2.05, 4.69) is 35.0 Å². The van der Waals surface area contributed by atoms with Gasteiger partial charge in [-0.3, -0.25) is 4.90 Å². The molecule has 2 N–H and O–H groups in total. The number of rotatable bonds is 2. The van der Waals surface area contributed by atoms with Crippen LogP contribution >= 0.6 is 11.3 Å². The van der Waals surface area contributed by atoms with Crippen molar-refractivity contribution in [3.63, 3.8) is 0 Å². The highest BCUT2D eigenvalue weighted by atomic mass is 32.1. The van der Waals surface area contributed by atoms with E-state index in [9.17, 15) is 0 Å². The van der Waals surface area contributed by atoms with E-state index in [0.29, 0.717) is 6.04 Å². The first kappa shape index (κ1) is 11.1. The minimum Gasteiger partial charge on any atom is -0.326 e. The highest BCUT2D eigenvalue weighted by Gasteiger charge is 2.18. The van der Waals surface area contributed by atoms with Crippen molar-refractivity contribution >= 4 is 21.6 Å². The van der Waals surface area contributed by atoms with Gasteiger partial charge in [0.2, 0.25) is 0 Å². The van der Waals surface area contributed by atoms with Gasteiger partial charge in [-0.05, 0) is 31.0 Å².